The highest BCUT2D eigenvalue weighted by atomic mass is 79.9. The average Bonchev–Trinajstić information content (AvgIpc) is 2.48. The number of rotatable bonds is 4. The maximum atomic E-state index is 11.4. The molecule has 2 aromatic carbocycles. The van der Waals surface area contributed by atoms with Gasteiger partial charge in [-0.05, 0) is 57.9 Å². The summed E-state index contributed by atoms with van der Waals surface area (Å²) in [6.45, 7) is 0.673. The van der Waals surface area contributed by atoms with Crippen molar-refractivity contribution in [3.05, 3.63) is 63.1 Å². The van der Waals surface area contributed by atoms with Gasteiger partial charge in [0.15, 0.2) is 0 Å². The lowest BCUT2D eigenvalue weighted by molar-refractivity contribution is 0.0963. The first-order valence-electron chi connectivity index (χ1n) is 6.10. The standard InChI is InChI=1S/C15H14BrClN2O/c1-18-15(20)11-3-5-12(6-4-11)19-9-10-2-7-13(16)14(17)8-10/h2-8,19H,9H2,1H3,(H,18,20). The van der Waals surface area contributed by atoms with E-state index in [1.165, 1.54) is 0 Å². The summed E-state index contributed by atoms with van der Waals surface area (Å²) in [6, 6.07) is 13.2. The van der Waals surface area contributed by atoms with Crippen molar-refractivity contribution < 1.29 is 4.79 Å². The lowest BCUT2D eigenvalue weighted by Gasteiger charge is -2.08. The van der Waals surface area contributed by atoms with Crippen LogP contribution >= 0.6 is 27.5 Å². The molecule has 0 radical (unpaired) electrons. The predicted octanol–water partition coefficient (Wildman–Crippen LogP) is 4.07. The van der Waals surface area contributed by atoms with Crippen LogP contribution in [0, 0.1) is 0 Å². The first-order valence-corrected chi connectivity index (χ1v) is 7.27. The van der Waals surface area contributed by atoms with Gasteiger partial charge >= 0.3 is 0 Å². The molecular formula is C15H14BrClN2O. The number of benzene rings is 2. The van der Waals surface area contributed by atoms with E-state index in [4.69, 9.17) is 11.6 Å². The number of halogens is 2. The van der Waals surface area contributed by atoms with Gasteiger partial charge in [-0.2, -0.15) is 0 Å². The second-order valence-electron chi connectivity index (χ2n) is 4.26. The van der Waals surface area contributed by atoms with Crippen LogP contribution in [0.25, 0.3) is 0 Å². The Bertz CT molecular complexity index is 614. The fourth-order valence-corrected chi connectivity index (χ4v) is 2.19. The van der Waals surface area contributed by atoms with Gasteiger partial charge in [0.1, 0.15) is 0 Å². The Labute approximate surface area is 131 Å². The van der Waals surface area contributed by atoms with Gasteiger partial charge in [-0.25, -0.2) is 0 Å². The lowest BCUT2D eigenvalue weighted by atomic mass is 10.2. The number of carbonyl (C=O) groups excluding carboxylic acids is 1. The molecule has 0 aliphatic heterocycles. The molecule has 0 fully saturated rings. The van der Waals surface area contributed by atoms with Crippen molar-refractivity contribution in [2.75, 3.05) is 12.4 Å². The zero-order chi connectivity index (χ0) is 14.5. The van der Waals surface area contributed by atoms with Crippen molar-refractivity contribution in [2.45, 2.75) is 6.54 Å². The Morgan fingerprint density at radius 1 is 1.20 bits per heavy atom. The molecule has 20 heavy (non-hydrogen) atoms. The lowest BCUT2D eigenvalue weighted by Crippen LogP contribution is -2.17. The van der Waals surface area contributed by atoms with Crippen molar-refractivity contribution in [1.29, 1.82) is 0 Å². The number of hydrogen-bond donors (Lipinski definition) is 2. The van der Waals surface area contributed by atoms with Gasteiger partial charge in [-0.3, -0.25) is 4.79 Å². The van der Waals surface area contributed by atoms with Crippen LogP contribution in [-0.4, -0.2) is 13.0 Å². The Balaban J connectivity index is 2.00. The molecule has 0 aliphatic carbocycles. The van der Waals surface area contributed by atoms with Crippen LogP contribution in [0.1, 0.15) is 15.9 Å². The second-order valence-corrected chi connectivity index (χ2v) is 5.52. The molecule has 2 aromatic rings. The SMILES string of the molecule is CNC(=O)c1ccc(NCc2ccc(Br)c(Cl)c2)cc1. The summed E-state index contributed by atoms with van der Waals surface area (Å²) < 4.78 is 0.887. The van der Waals surface area contributed by atoms with Gasteiger partial charge in [0, 0.05) is 29.3 Å². The number of amides is 1. The number of nitrogens with one attached hydrogen (secondary N) is 2. The molecule has 0 unspecified atom stereocenters. The average molecular weight is 354 g/mol. The number of hydrogen-bond acceptors (Lipinski definition) is 2. The second kappa shape index (κ2) is 6.77. The van der Waals surface area contributed by atoms with Crippen molar-refractivity contribution in [1.82, 2.24) is 5.32 Å². The normalized spacial score (nSPS) is 10.2. The highest BCUT2D eigenvalue weighted by molar-refractivity contribution is 9.10. The summed E-state index contributed by atoms with van der Waals surface area (Å²) in [7, 11) is 1.62. The smallest absolute Gasteiger partial charge is 0.251 e. The molecule has 3 nitrogen and oxygen atoms in total. The van der Waals surface area contributed by atoms with Crippen LogP contribution < -0.4 is 10.6 Å². The molecule has 1 amide bonds. The highest BCUT2D eigenvalue weighted by Crippen LogP contribution is 2.23. The van der Waals surface area contributed by atoms with E-state index in [9.17, 15) is 4.79 Å². The molecule has 2 N–H and O–H groups in total. The summed E-state index contributed by atoms with van der Waals surface area (Å²) in [5.41, 5.74) is 2.69. The van der Waals surface area contributed by atoms with Gasteiger partial charge in [0.05, 0.1) is 5.02 Å². The van der Waals surface area contributed by atoms with E-state index < -0.39 is 0 Å². The van der Waals surface area contributed by atoms with Crippen LogP contribution in [0.2, 0.25) is 5.02 Å². The third kappa shape index (κ3) is 3.74. The molecule has 2 rings (SSSR count). The first kappa shape index (κ1) is 14.9. The van der Waals surface area contributed by atoms with Crippen LogP contribution in [0.3, 0.4) is 0 Å². The summed E-state index contributed by atoms with van der Waals surface area (Å²) >= 11 is 9.41. The summed E-state index contributed by atoms with van der Waals surface area (Å²) in [6.07, 6.45) is 0. The van der Waals surface area contributed by atoms with Gasteiger partial charge in [-0.15, -0.1) is 0 Å². The van der Waals surface area contributed by atoms with Crippen LogP contribution in [-0.2, 0) is 6.54 Å². The molecule has 0 atom stereocenters. The van der Waals surface area contributed by atoms with E-state index in [0.717, 1.165) is 15.7 Å². The predicted molar refractivity (Wildman–Crippen MR) is 86.3 cm³/mol. The van der Waals surface area contributed by atoms with Crippen LogP contribution in [0.5, 0.6) is 0 Å². The third-order valence-corrected chi connectivity index (χ3v) is 4.09. The van der Waals surface area contributed by atoms with Crippen molar-refractivity contribution >= 4 is 39.1 Å². The van der Waals surface area contributed by atoms with E-state index in [2.05, 4.69) is 26.6 Å². The summed E-state index contributed by atoms with van der Waals surface area (Å²) in [4.78, 5) is 11.4. The topological polar surface area (TPSA) is 41.1 Å². The zero-order valence-corrected chi connectivity index (χ0v) is 13.3. The fraction of sp³-hybridized carbons (Fsp3) is 0.133. The first-order chi connectivity index (χ1) is 9.60. The molecule has 0 aromatic heterocycles. The van der Waals surface area contributed by atoms with E-state index in [1.807, 2.05) is 30.3 Å². The minimum Gasteiger partial charge on any atom is -0.381 e. The quantitative estimate of drug-likeness (QED) is 0.870. The highest BCUT2D eigenvalue weighted by Gasteiger charge is 2.03. The van der Waals surface area contributed by atoms with E-state index in [1.54, 1.807) is 19.2 Å². The largest absolute Gasteiger partial charge is 0.381 e. The van der Waals surface area contributed by atoms with Crippen LogP contribution in [0.15, 0.2) is 46.9 Å². The minimum absolute atomic E-state index is 0.0868. The number of anilines is 1. The Kier molecular flexibility index (Phi) is 5.04. The van der Waals surface area contributed by atoms with Gasteiger partial charge in [0.2, 0.25) is 0 Å². The third-order valence-electron chi connectivity index (χ3n) is 2.85. The van der Waals surface area contributed by atoms with E-state index in [-0.39, 0.29) is 5.91 Å². The molecule has 0 spiro atoms. The molecule has 104 valence electrons. The summed E-state index contributed by atoms with van der Waals surface area (Å²) in [5.74, 6) is -0.0868. The number of carbonyl (C=O) groups is 1. The van der Waals surface area contributed by atoms with Gasteiger partial charge in [0.25, 0.3) is 5.91 Å². The molecule has 5 heteroatoms. The van der Waals surface area contributed by atoms with Crippen LogP contribution in [0.4, 0.5) is 5.69 Å². The van der Waals surface area contributed by atoms with Gasteiger partial charge in [-0.1, -0.05) is 17.7 Å². The van der Waals surface area contributed by atoms with E-state index >= 15 is 0 Å². The molecular weight excluding hydrogens is 340 g/mol. The molecule has 0 saturated heterocycles. The fourth-order valence-electron chi connectivity index (χ4n) is 1.74. The van der Waals surface area contributed by atoms with Crippen molar-refractivity contribution in [2.24, 2.45) is 0 Å². The summed E-state index contributed by atoms with van der Waals surface area (Å²) in [5, 5.41) is 6.57. The molecule has 0 bridgehead atoms. The molecule has 0 saturated carbocycles. The minimum atomic E-state index is -0.0868. The molecule has 0 aliphatic rings. The molecule has 0 heterocycles. The van der Waals surface area contributed by atoms with Crippen molar-refractivity contribution in [3.8, 4) is 0 Å². The van der Waals surface area contributed by atoms with Gasteiger partial charge < -0.3 is 10.6 Å². The van der Waals surface area contributed by atoms with Crippen molar-refractivity contribution in [3.63, 3.8) is 0 Å². The Morgan fingerprint density at radius 2 is 1.90 bits per heavy atom. The maximum absolute atomic E-state index is 11.4. The van der Waals surface area contributed by atoms with E-state index in [0.29, 0.717) is 17.1 Å². The Morgan fingerprint density at radius 3 is 2.50 bits per heavy atom. The maximum Gasteiger partial charge on any atom is 0.251 e. The Hall–Kier alpha value is -1.52. The zero-order valence-electron chi connectivity index (χ0n) is 10.9. The monoisotopic (exact) mass is 352 g/mol.